The fourth-order valence-corrected chi connectivity index (χ4v) is 5.81. The SMILES string of the molecule is CN1C=CN(c2[c-]ccc3c2oc2ccccc23)[CH-]1.[2H]c1[c-]c2c(c([2H])c1[2H])c1c([2H])c(C)c([2H])c([2H])c1n1c(-c3c(C)c([2H])c([2H])c([2H])c3C)c([2H])nc21.[Pt]. The van der Waals surface area contributed by atoms with Gasteiger partial charge in [0.1, 0.15) is 5.58 Å². The molecule has 230 valence electrons. The van der Waals surface area contributed by atoms with E-state index in [2.05, 4.69) is 23.2 Å². The van der Waals surface area contributed by atoms with Crippen LogP contribution in [0.15, 0.2) is 114 Å². The minimum absolute atomic E-state index is 0. The Morgan fingerprint density at radius 1 is 0.870 bits per heavy atom. The first kappa shape index (κ1) is 20.3. The van der Waals surface area contributed by atoms with Crippen LogP contribution < -0.4 is 4.90 Å². The number of anilines is 1. The largest absolute Gasteiger partial charge is 0.514 e. The molecule has 6 heteroatoms. The van der Waals surface area contributed by atoms with Gasteiger partial charge in [-0.25, -0.2) is 0 Å². The number of nitrogens with zero attached hydrogens (tertiary/aromatic N) is 4. The fourth-order valence-electron chi connectivity index (χ4n) is 5.81. The number of hydrogen-bond acceptors (Lipinski definition) is 4. The number of para-hydroxylation sites is 1. The van der Waals surface area contributed by atoms with Crippen LogP contribution in [0, 0.1) is 39.6 Å². The number of rotatable bonds is 2. The van der Waals surface area contributed by atoms with E-state index in [0.717, 1.165) is 27.6 Å². The van der Waals surface area contributed by atoms with Crippen molar-refractivity contribution in [2.24, 2.45) is 0 Å². The van der Waals surface area contributed by atoms with E-state index in [4.69, 9.17) is 18.1 Å². The van der Waals surface area contributed by atoms with E-state index in [-0.39, 0.29) is 114 Å². The van der Waals surface area contributed by atoms with Crippen molar-refractivity contribution in [1.29, 1.82) is 0 Å². The third kappa shape index (κ3) is 4.87. The van der Waals surface area contributed by atoms with Crippen LogP contribution in [-0.2, 0) is 21.1 Å². The smallest absolute Gasteiger partial charge is 0.116 e. The Morgan fingerprint density at radius 3 is 2.50 bits per heavy atom. The standard InChI is InChI=1S/C24H19N2.C16H12N2O.Pt/c1-15-11-12-21-20(13-15)18-9-4-5-10-19(18)24-25-14-22(26(21)24)23-16(2)7-6-8-17(23)3;1-17-9-10-18(11-17)14-7-4-6-13-12-5-2-3-8-15(12)19-16(13)14;/h4-9,11-14H,1-3H3;2-6,8-11H,1H3;/q-1;-2;/i4D,5D,6D,7D,8D,9D,11D,12D,13D,14D;;. The normalized spacial score (nSPS) is 15.8. The number of imidazole rings is 1. The molecule has 0 atom stereocenters. The first-order valence-corrected chi connectivity index (χ1v) is 14.3. The van der Waals surface area contributed by atoms with Gasteiger partial charge >= 0.3 is 0 Å². The Labute approximate surface area is 296 Å². The summed E-state index contributed by atoms with van der Waals surface area (Å²) >= 11 is 0. The molecule has 0 amide bonds. The number of hydrogen-bond donors (Lipinski definition) is 0. The predicted molar refractivity (Wildman–Crippen MR) is 185 cm³/mol. The summed E-state index contributed by atoms with van der Waals surface area (Å²) < 4.78 is 91.8. The third-order valence-corrected chi connectivity index (χ3v) is 7.84. The summed E-state index contributed by atoms with van der Waals surface area (Å²) in [6.45, 7) is 6.73. The van der Waals surface area contributed by atoms with E-state index in [0.29, 0.717) is 16.7 Å². The molecule has 8 aromatic rings. The zero-order chi connectivity index (χ0) is 39.4. The molecule has 0 fully saturated rings. The van der Waals surface area contributed by atoms with Crippen molar-refractivity contribution in [3.05, 3.63) is 145 Å². The maximum absolute atomic E-state index is 8.80. The Kier molecular flexibility index (Phi) is 5.21. The third-order valence-electron chi connectivity index (χ3n) is 7.84. The summed E-state index contributed by atoms with van der Waals surface area (Å²) in [7, 11) is 2.00. The number of pyridine rings is 1. The van der Waals surface area contributed by atoms with Crippen LogP contribution in [0.1, 0.15) is 30.4 Å². The monoisotopic (exact) mass is 788 g/mol. The van der Waals surface area contributed by atoms with Gasteiger partial charge in [-0.05, 0) is 70.2 Å². The molecule has 0 saturated heterocycles. The van der Waals surface area contributed by atoms with Crippen molar-refractivity contribution in [3.8, 4) is 11.3 Å². The van der Waals surface area contributed by atoms with Gasteiger partial charge < -0.3 is 18.6 Å². The Morgan fingerprint density at radius 2 is 1.70 bits per heavy atom. The molecular formula is C40H31N4OPt-3. The van der Waals surface area contributed by atoms with Crippen LogP contribution in [0.4, 0.5) is 5.69 Å². The van der Waals surface area contributed by atoms with Crippen molar-refractivity contribution >= 4 is 54.9 Å². The van der Waals surface area contributed by atoms with Gasteiger partial charge in [0, 0.05) is 52.0 Å². The van der Waals surface area contributed by atoms with Crippen LogP contribution in [-0.4, -0.2) is 21.3 Å². The summed E-state index contributed by atoms with van der Waals surface area (Å²) in [6, 6.07) is 15.8. The topological polar surface area (TPSA) is 36.9 Å². The van der Waals surface area contributed by atoms with Crippen LogP contribution in [0.5, 0.6) is 0 Å². The minimum atomic E-state index is -0.403. The molecule has 4 heterocycles. The summed E-state index contributed by atoms with van der Waals surface area (Å²) in [5, 5.41) is 2.59. The minimum Gasteiger partial charge on any atom is -0.514 e. The van der Waals surface area contributed by atoms with E-state index in [9.17, 15) is 0 Å². The second-order valence-corrected chi connectivity index (χ2v) is 10.9. The summed E-state index contributed by atoms with van der Waals surface area (Å²) in [4.78, 5) is 8.38. The predicted octanol–water partition coefficient (Wildman–Crippen LogP) is 9.76. The van der Waals surface area contributed by atoms with Gasteiger partial charge in [0.25, 0.3) is 0 Å². The molecule has 0 N–H and O–H groups in total. The Balaban J connectivity index is 0.000000201. The van der Waals surface area contributed by atoms with E-state index in [1.54, 1.807) is 13.8 Å². The molecule has 3 aromatic heterocycles. The first-order chi connectivity index (χ1) is 26.1. The second kappa shape index (κ2) is 11.8. The van der Waals surface area contributed by atoms with Crippen molar-refractivity contribution in [2.45, 2.75) is 20.8 Å². The molecule has 46 heavy (non-hydrogen) atoms. The molecule has 5 nitrogen and oxygen atoms in total. The quantitative estimate of drug-likeness (QED) is 0.129. The van der Waals surface area contributed by atoms with Crippen LogP contribution in [0.25, 0.3) is 60.5 Å². The maximum Gasteiger partial charge on any atom is 0.116 e. The van der Waals surface area contributed by atoms with Crippen LogP contribution in [0.2, 0.25) is 0 Å². The van der Waals surface area contributed by atoms with Gasteiger partial charge in [0.15, 0.2) is 0 Å². The zero-order valence-electron chi connectivity index (χ0n) is 35.2. The van der Waals surface area contributed by atoms with Crippen molar-refractivity contribution < 1.29 is 39.2 Å². The molecule has 0 spiro atoms. The second-order valence-electron chi connectivity index (χ2n) is 10.9. The van der Waals surface area contributed by atoms with Crippen molar-refractivity contribution in [3.63, 3.8) is 0 Å². The molecule has 0 saturated carbocycles. The fraction of sp³-hybridized carbons (Fsp3) is 0.100. The zero-order valence-corrected chi connectivity index (χ0v) is 27.5. The van der Waals surface area contributed by atoms with Gasteiger partial charge in [0.05, 0.1) is 20.9 Å². The molecule has 0 unspecified atom stereocenters. The van der Waals surface area contributed by atoms with Gasteiger partial charge in [0.2, 0.25) is 0 Å². The van der Waals surface area contributed by atoms with E-state index < -0.39 is 6.04 Å². The first-order valence-electron chi connectivity index (χ1n) is 19.3. The van der Waals surface area contributed by atoms with Gasteiger partial charge in [-0.15, -0.1) is 29.6 Å². The van der Waals surface area contributed by atoms with Crippen LogP contribution >= 0.6 is 0 Å². The summed E-state index contributed by atoms with van der Waals surface area (Å²) in [6.07, 6.45) is 3.72. The van der Waals surface area contributed by atoms with Crippen LogP contribution in [0.3, 0.4) is 0 Å². The average Bonchev–Trinajstić information content (AvgIpc) is 3.88. The average molecular weight is 789 g/mol. The number of aromatic nitrogens is 2. The molecule has 0 bridgehead atoms. The van der Waals surface area contributed by atoms with Gasteiger partial charge in [-0.1, -0.05) is 70.4 Å². The number of furan rings is 1. The van der Waals surface area contributed by atoms with E-state index in [1.807, 2.05) is 66.2 Å². The number of fused-ring (bicyclic) bond motifs is 9. The summed E-state index contributed by atoms with van der Waals surface area (Å²) in [5.41, 5.74) is 4.12. The van der Waals surface area contributed by atoms with E-state index in [1.165, 1.54) is 11.3 Å². The molecular weight excluding hydrogens is 748 g/mol. The van der Waals surface area contributed by atoms with Gasteiger partial charge in [-0.2, -0.15) is 24.9 Å². The Bertz CT molecular complexity index is 2970. The molecule has 1 aliphatic heterocycles. The molecule has 0 aliphatic carbocycles. The molecule has 1 aliphatic rings. The Hall–Kier alpha value is -4.86. The maximum atomic E-state index is 8.80. The van der Waals surface area contributed by atoms with Crippen molar-refractivity contribution in [1.82, 2.24) is 14.3 Å². The van der Waals surface area contributed by atoms with E-state index >= 15 is 0 Å². The summed E-state index contributed by atoms with van der Waals surface area (Å²) in [5.74, 6) is 0. The number of benzene rings is 5. The van der Waals surface area contributed by atoms with Crippen molar-refractivity contribution in [2.75, 3.05) is 11.9 Å². The van der Waals surface area contributed by atoms with Gasteiger partial charge in [-0.3, -0.25) is 4.98 Å². The molecule has 5 aromatic carbocycles. The molecule has 0 radical (unpaired) electrons. The molecule has 9 rings (SSSR count).